The lowest BCUT2D eigenvalue weighted by Crippen LogP contribution is -2.29. The van der Waals surface area contributed by atoms with Crippen LogP contribution in [0.5, 0.6) is 0 Å². The Morgan fingerprint density at radius 2 is 2.12 bits per heavy atom. The summed E-state index contributed by atoms with van der Waals surface area (Å²) in [5, 5.41) is 0. The fourth-order valence-electron chi connectivity index (χ4n) is 1.70. The molecule has 3 nitrogen and oxygen atoms in total. The van der Waals surface area contributed by atoms with Crippen LogP contribution in [0.25, 0.3) is 0 Å². The lowest BCUT2D eigenvalue weighted by Gasteiger charge is -2.21. The van der Waals surface area contributed by atoms with Gasteiger partial charge in [0.05, 0.1) is 19.3 Å². The summed E-state index contributed by atoms with van der Waals surface area (Å²) in [5.74, 6) is 0.194. The summed E-state index contributed by atoms with van der Waals surface area (Å²) >= 11 is 0. The molecule has 1 aromatic carbocycles. The highest BCUT2D eigenvalue weighted by molar-refractivity contribution is 5.80. The lowest BCUT2D eigenvalue weighted by atomic mass is 10.1. The van der Waals surface area contributed by atoms with E-state index < -0.39 is 0 Å². The molecule has 1 heterocycles. The van der Waals surface area contributed by atoms with Crippen molar-refractivity contribution in [2.75, 3.05) is 13.2 Å². The van der Waals surface area contributed by atoms with Crippen molar-refractivity contribution in [1.82, 2.24) is 0 Å². The van der Waals surface area contributed by atoms with Gasteiger partial charge in [0.15, 0.2) is 5.78 Å². The number of rotatable bonds is 4. The molecule has 3 heteroatoms. The van der Waals surface area contributed by atoms with Crippen LogP contribution in [-0.4, -0.2) is 25.1 Å². The molecule has 0 N–H and O–H groups in total. The Labute approximate surface area is 95.4 Å². The summed E-state index contributed by atoms with van der Waals surface area (Å²) in [6.07, 6.45) is 1.49. The van der Waals surface area contributed by atoms with E-state index in [0.29, 0.717) is 19.6 Å². The van der Waals surface area contributed by atoms with Gasteiger partial charge in [-0.2, -0.15) is 0 Å². The summed E-state index contributed by atoms with van der Waals surface area (Å²) in [6.45, 7) is 1.43. The van der Waals surface area contributed by atoms with Gasteiger partial charge in [0.25, 0.3) is 0 Å². The van der Waals surface area contributed by atoms with E-state index in [1.807, 2.05) is 30.3 Å². The summed E-state index contributed by atoms with van der Waals surface area (Å²) in [6, 6.07) is 10.0. The predicted molar refractivity (Wildman–Crippen MR) is 60.1 cm³/mol. The highest BCUT2D eigenvalue weighted by Gasteiger charge is 2.18. The molecule has 1 atom stereocenters. The Hall–Kier alpha value is -1.19. The van der Waals surface area contributed by atoms with E-state index in [4.69, 9.17) is 9.47 Å². The van der Waals surface area contributed by atoms with Crippen LogP contribution in [0.1, 0.15) is 18.4 Å². The van der Waals surface area contributed by atoms with E-state index in [1.54, 1.807) is 0 Å². The number of carbonyl (C=O) groups is 1. The fraction of sp³-hybridized carbons (Fsp3) is 0.462. The molecule has 0 aromatic heterocycles. The molecule has 2 rings (SSSR count). The van der Waals surface area contributed by atoms with Crippen molar-refractivity contribution in [1.29, 1.82) is 0 Å². The van der Waals surface area contributed by atoms with Crippen LogP contribution in [0, 0.1) is 0 Å². The minimum absolute atomic E-state index is 0.0846. The van der Waals surface area contributed by atoms with Crippen LogP contribution < -0.4 is 0 Å². The van der Waals surface area contributed by atoms with Gasteiger partial charge in [0, 0.05) is 6.42 Å². The van der Waals surface area contributed by atoms with Crippen molar-refractivity contribution < 1.29 is 14.3 Å². The molecular formula is C13H16O3. The first-order valence-electron chi connectivity index (χ1n) is 5.59. The quantitative estimate of drug-likeness (QED) is 0.778. The first kappa shape index (κ1) is 11.3. The largest absolute Gasteiger partial charge is 0.374 e. The van der Waals surface area contributed by atoms with Gasteiger partial charge in [-0.3, -0.25) is 4.79 Å². The van der Waals surface area contributed by atoms with Crippen LogP contribution in [-0.2, 0) is 20.9 Å². The fourth-order valence-corrected chi connectivity index (χ4v) is 1.70. The second-order valence-corrected chi connectivity index (χ2v) is 4.01. The van der Waals surface area contributed by atoms with Crippen molar-refractivity contribution in [2.45, 2.75) is 25.6 Å². The van der Waals surface area contributed by atoms with Gasteiger partial charge in [0.1, 0.15) is 6.61 Å². The standard InChI is InChI=1S/C13H16O3/c14-12-6-7-13(16-9-12)10-15-8-11-4-2-1-3-5-11/h1-5,13H,6-10H2/t13-/m0/s1. The van der Waals surface area contributed by atoms with Crippen molar-refractivity contribution in [3.05, 3.63) is 35.9 Å². The Balaban J connectivity index is 1.67. The normalized spacial score (nSPS) is 21.0. The van der Waals surface area contributed by atoms with E-state index in [9.17, 15) is 4.79 Å². The average Bonchev–Trinajstić information content (AvgIpc) is 2.33. The molecular weight excluding hydrogens is 204 g/mol. The highest BCUT2D eigenvalue weighted by Crippen LogP contribution is 2.11. The van der Waals surface area contributed by atoms with Crippen LogP contribution in [0.3, 0.4) is 0 Å². The second kappa shape index (κ2) is 5.77. The Bertz CT molecular complexity index is 324. The van der Waals surface area contributed by atoms with Crippen LogP contribution >= 0.6 is 0 Å². The molecule has 0 spiro atoms. The van der Waals surface area contributed by atoms with E-state index in [0.717, 1.165) is 12.0 Å². The zero-order chi connectivity index (χ0) is 11.2. The number of ketones is 1. The first-order valence-corrected chi connectivity index (χ1v) is 5.59. The molecule has 0 unspecified atom stereocenters. The first-order chi connectivity index (χ1) is 7.84. The number of carbonyl (C=O) groups excluding carboxylic acids is 1. The maximum atomic E-state index is 10.9. The molecule has 1 fully saturated rings. The van der Waals surface area contributed by atoms with Gasteiger partial charge in [0.2, 0.25) is 0 Å². The summed E-state index contributed by atoms with van der Waals surface area (Å²) in [5.41, 5.74) is 1.16. The number of ether oxygens (including phenoxy) is 2. The molecule has 1 aliphatic rings. The molecule has 0 bridgehead atoms. The van der Waals surface area contributed by atoms with E-state index in [2.05, 4.69) is 0 Å². The third kappa shape index (κ3) is 3.43. The monoisotopic (exact) mass is 220 g/mol. The molecule has 0 saturated carbocycles. The SMILES string of the molecule is O=C1CC[C@@H](COCc2ccccc2)OC1. The number of hydrogen-bond donors (Lipinski definition) is 0. The van der Waals surface area contributed by atoms with Crippen LogP contribution in [0.15, 0.2) is 30.3 Å². The Morgan fingerprint density at radius 1 is 1.31 bits per heavy atom. The van der Waals surface area contributed by atoms with E-state index in [1.165, 1.54) is 0 Å². The van der Waals surface area contributed by atoms with Gasteiger partial charge in [-0.05, 0) is 12.0 Å². The predicted octanol–water partition coefficient (Wildman–Crippen LogP) is 1.95. The Morgan fingerprint density at radius 3 is 2.81 bits per heavy atom. The van der Waals surface area contributed by atoms with Crippen molar-refractivity contribution >= 4 is 5.78 Å². The molecule has 1 saturated heterocycles. The lowest BCUT2D eigenvalue weighted by molar-refractivity contribution is -0.134. The number of benzene rings is 1. The van der Waals surface area contributed by atoms with Gasteiger partial charge in [-0.15, -0.1) is 0 Å². The molecule has 16 heavy (non-hydrogen) atoms. The van der Waals surface area contributed by atoms with E-state index in [-0.39, 0.29) is 18.5 Å². The third-order valence-electron chi connectivity index (χ3n) is 2.64. The number of Topliss-reactive ketones (excluding diaryl/α,β-unsaturated/α-hetero) is 1. The minimum atomic E-state index is 0.0846. The zero-order valence-corrected chi connectivity index (χ0v) is 9.22. The van der Waals surface area contributed by atoms with Gasteiger partial charge >= 0.3 is 0 Å². The molecule has 86 valence electrons. The molecule has 0 amide bonds. The van der Waals surface area contributed by atoms with E-state index >= 15 is 0 Å². The van der Waals surface area contributed by atoms with Crippen molar-refractivity contribution in [3.63, 3.8) is 0 Å². The van der Waals surface area contributed by atoms with Gasteiger partial charge in [-0.25, -0.2) is 0 Å². The van der Waals surface area contributed by atoms with Crippen LogP contribution in [0.2, 0.25) is 0 Å². The average molecular weight is 220 g/mol. The molecule has 0 aliphatic carbocycles. The molecule has 0 radical (unpaired) electrons. The summed E-state index contributed by atoms with van der Waals surface area (Å²) in [4.78, 5) is 10.9. The summed E-state index contributed by atoms with van der Waals surface area (Å²) < 4.78 is 10.9. The minimum Gasteiger partial charge on any atom is -0.374 e. The number of hydrogen-bond acceptors (Lipinski definition) is 3. The zero-order valence-electron chi connectivity index (χ0n) is 9.22. The van der Waals surface area contributed by atoms with Crippen LogP contribution in [0.4, 0.5) is 0 Å². The second-order valence-electron chi connectivity index (χ2n) is 4.01. The van der Waals surface area contributed by atoms with Crippen molar-refractivity contribution in [3.8, 4) is 0 Å². The molecule has 1 aromatic rings. The molecule has 1 aliphatic heterocycles. The Kier molecular flexibility index (Phi) is 4.08. The summed E-state index contributed by atoms with van der Waals surface area (Å²) in [7, 11) is 0. The third-order valence-corrected chi connectivity index (χ3v) is 2.64. The smallest absolute Gasteiger partial charge is 0.158 e. The van der Waals surface area contributed by atoms with Gasteiger partial charge in [-0.1, -0.05) is 30.3 Å². The topological polar surface area (TPSA) is 35.5 Å². The van der Waals surface area contributed by atoms with Gasteiger partial charge < -0.3 is 9.47 Å². The maximum Gasteiger partial charge on any atom is 0.158 e. The highest BCUT2D eigenvalue weighted by atomic mass is 16.5. The maximum absolute atomic E-state index is 10.9. The van der Waals surface area contributed by atoms with Crippen molar-refractivity contribution in [2.24, 2.45) is 0 Å².